The molecule has 6 nitrogen and oxygen atoms in total. The lowest BCUT2D eigenvalue weighted by Gasteiger charge is -2.12. The third kappa shape index (κ3) is 5.47. The standard InChI is InChI=1S/C17H22N2O4S2/c1-4-13(2)14-5-11-17(12-6-14)25(22,23)19-16-9-7-15(8-10-16)18-24(3,20)21/h5-13,18-19H,4H2,1-3H3. The Labute approximate surface area is 149 Å². The van der Waals surface area contributed by atoms with Gasteiger partial charge in [0.2, 0.25) is 10.0 Å². The van der Waals surface area contributed by atoms with Gasteiger partial charge < -0.3 is 0 Å². The molecule has 2 aromatic carbocycles. The predicted octanol–water partition coefficient (Wildman–Crippen LogP) is 3.37. The highest BCUT2D eigenvalue weighted by Gasteiger charge is 2.15. The fraction of sp³-hybridized carbons (Fsp3) is 0.294. The Hall–Kier alpha value is -2.06. The molecule has 0 amide bonds. The Bertz CT molecular complexity index is 920. The molecule has 0 aromatic heterocycles. The van der Waals surface area contributed by atoms with E-state index in [9.17, 15) is 16.8 Å². The highest BCUT2D eigenvalue weighted by molar-refractivity contribution is 7.92. The number of nitrogens with one attached hydrogen (secondary N) is 2. The fourth-order valence-electron chi connectivity index (χ4n) is 2.25. The minimum absolute atomic E-state index is 0.179. The number of anilines is 2. The van der Waals surface area contributed by atoms with Gasteiger partial charge in [0.15, 0.2) is 0 Å². The number of hydrogen-bond donors (Lipinski definition) is 2. The van der Waals surface area contributed by atoms with E-state index in [4.69, 9.17) is 0 Å². The quantitative estimate of drug-likeness (QED) is 0.768. The molecule has 25 heavy (non-hydrogen) atoms. The second-order valence-corrected chi connectivity index (χ2v) is 9.37. The van der Waals surface area contributed by atoms with Gasteiger partial charge in [0.25, 0.3) is 10.0 Å². The minimum Gasteiger partial charge on any atom is -0.284 e. The zero-order valence-corrected chi connectivity index (χ0v) is 16.0. The molecule has 0 heterocycles. The summed E-state index contributed by atoms with van der Waals surface area (Å²) in [6.07, 6.45) is 2.03. The fourth-order valence-corrected chi connectivity index (χ4v) is 3.87. The molecule has 2 rings (SSSR count). The summed E-state index contributed by atoms with van der Waals surface area (Å²) in [5, 5.41) is 0. The zero-order chi connectivity index (χ0) is 18.7. The largest absolute Gasteiger partial charge is 0.284 e. The molecule has 0 radical (unpaired) electrons. The van der Waals surface area contributed by atoms with Crippen molar-refractivity contribution in [3.8, 4) is 0 Å². The first kappa shape index (κ1) is 19.3. The summed E-state index contributed by atoms with van der Waals surface area (Å²) >= 11 is 0. The monoisotopic (exact) mass is 382 g/mol. The average Bonchev–Trinajstić information content (AvgIpc) is 2.54. The highest BCUT2D eigenvalue weighted by Crippen LogP contribution is 2.22. The number of benzene rings is 2. The van der Waals surface area contributed by atoms with Gasteiger partial charge in [-0.05, 0) is 54.3 Å². The van der Waals surface area contributed by atoms with Crippen LogP contribution in [0.15, 0.2) is 53.4 Å². The van der Waals surface area contributed by atoms with Crippen molar-refractivity contribution in [1.29, 1.82) is 0 Å². The van der Waals surface area contributed by atoms with Crippen LogP contribution in [0.1, 0.15) is 31.7 Å². The van der Waals surface area contributed by atoms with E-state index in [2.05, 4.69) is 23.3 Å². The Morgan fingerprint density at radius 1 is 0.840 bits per heavy atom. The molecular weight excluding hydrogens is 360 g/mol. The van der Waals surface area contributed by atoms with Gasteiger partial charge >= 0.3 is 0 Å². The van der Waals surface area contributed by atoms with Crippen molar-refractivity contribution < 1.29 is 16.8 Å². The van der Waals surface area contributed by atoms with Crippen LogP contribution >= 0.6 is 0 Å². The van der Waals surface area contributed by atoms with Crippen molar-refractivity contribution in [2.45, 2.75) is 31.1 Å². The van der Waals surface area contributed by atoms with Crippen molar-refractivity contribution in [2.24, 2.45) is 0 Å². The predicted molar refractivity (Wildman–Crippen MR) is 101 cm³/mol. The summed E-state index contributed by atoms with van der Waals surface area (Å²) < 4.78 is 52.0. The van der Waals surface area contributed by atoms with E-state index in [0.29, 0.717) is 17.3 Å². The summed E-state index contributed by atoms with van der Waals surface area (Å²) in [6, 6.07) is 12.8. The van der Waals surface area contributed by atoms with Crippen LogP contribution in [0.5, 0.6) is 0 Å². The first-order valence-corrected chi connectivity index (χ1v) is 11.2. The molecule has 0 spiro atoms. The number of hydrogen-bond acceptors (Lipinski definition) is 4. The summed E-state index contributed by atoms with van der Waals surface area (Å²) in [5.41, 5.74) is 1.81. The maximum atomic E-state index is 12.4. The normalized spacial score (nSPS) is 13.2. The molecule has 1 atom stereocenters. The van der Waals surface area contributed by atoms with E-state index in [0.717, 1.165) is 18.2 Å². The molecule has 136 valence electrons. The van der Waals surface area contributed by atoms with Crippen molar-refractivity contribution in [2.75, 3.05) is 15.7 Å². The SMILES string of the molecule is CCC(C)c1ccc(S(=O)(=O)Nc2ccc(NS(C)(=O)=O)cc2)cc1. The van der Waals surface area contributed by atoms with Crippen LogP contribution in [0.25, 0.3) is 0 Å². The van der Waals surface area contributed by atoms with Crippen LogP contribution in [-0.4, -0.2) is 23.1 Å². The van der Waals surface area contributed by atoms with Crippen LogP contribution in [-0.2, 0) is 20.0 Å². The molecule has 0 saturated heterocycles. The molecule has 0 aliphatic carbocycles. The Kier molecular flexibility index (Phi) is 5.74. The lowest BCUT2D eigenvalue weighted by atomic mass is 9.99. The van der Waals surface area contributed by atoms with E-state index in [1.807, 2.05) is 12.1 Å². The van der Waals surface area contributed by atoms with E-state index in [-0.39, 0.29) is 4.90 Å². The summed E-state index contributed by atoms with van der Waals surface area (Å²) in [4.78, 5) is 0.179. The van der Waals surface area contributed by atoms with Crippen LogP contribution < -0.4 is 9.44 Å². The van der Waals surface area contributed by atoms with Gasteiger partial charge in [-0.2, -0.15) is 0 Å². The lowest BCUT2D eigenvalue weighted by Crippen LogP contribution is -2.13. The molecule has 1 unspecified atom stereocenters. The van der Waals surface area contributed by atoms with Gasteiger partial charge in [-0.15, -0.1) is 0 Å². The van der Waals surface area contributed by atoms with Crippen molar-refractivity contribution in [3.63, 3.8) is 0 Å². The zero-order valence-electron chi connectivity index (χ0n) is 14.4. The molecule has 0 aliphatic heterocycles. The molecular formula is C17H22N2O4S2. The van der Waals surface area contributed by atoms with Gasteiger partial charge in [-0.1, -0.05) is 26.0 Å². The Morgan fingerprint density at radius 3 is 1.76 bits per heavy atom. The van der Waals surface area contributed by atoms with Gasteiger partial charge in [-0.3, -0.25) is 9.44 Å². The van der Waals surface area contributed by atoms with E-state index >= 15 is 0 Å². The van der Waals surface area contributed by atoms with Gasteiger partial charge in [0.05, 0.1) is 11.2 Å². The molecule has 8 heteroatoms. The van der Waals surface area contributed by atoms with Crippen molar-refractivity contribution in [3.05, 3.63) is 54.1 Å². The van der Waals surface area contributed by atoms with Gasteiger partial charge in [0, 0.05) is 11.4 Å². The maximum absolute atomic E-state index is 12.4. The lowest BCUT2D eigenvalue weighted by molar-refractivity contribution is 0.600. The van der Waals surface area contributed by atoms with Gasteiger partial charge in [0.1, 0.15) is 0 Å². The summed E-state index contributed by atoms with van der Waals surface area (Å²) in [5.74, 6) is 0.375. The van der Waals surface area contributed by atoms with Crippen LogP contribution in [0.4, 0.5) is 11.4 Å². The summed E-state index contributed by atoms with van der Waals surface area (Å²) in [7, 11) is -7.07. The van der Waals surface area contributed by atoms with Crippen LogP contribution in [0, 0.1) is 0 Å². The first-order chi connectivity index (χ1) is 11.6. The third-order valence-corrected chi connectivity index (χ3v) is 5.82. The van der Waals surface area contributed by atoms with Crippen molar-refractivity contribution >= 4 is 31.4 Å². The molecule has 2 N–H and O–H groups in total. The molecule has 2 aromatic rings. The Morgan fingerprint density at radius 2 is 1.32 bits per heavy atom. The smallest absolute Gasteiger partial charge is 0.261 e. The second kappa shape index (κ2) is 7.45. The third-order valence-electron chi connectivity index (χ3n) is 3.81. The maximum Gasteiger partial charge on any atom is 0.261 e. The highest BCUT2D eigenvalue weighted by atomic mass is 32.2. The number of rotatable bonds is 7. The number of sulfonamides is 2. The average molecular weight is 383 g/mol. The van der Waals surface area contributed by atoms with Crippen LogP contribution in [0.3, 0.4) is 0 Å². The van der Waals surface area contributed by atoms with E-state index in [1.165, 1.54) is 24.3 Å². The summed E-state index contributed by atoms with van der Waals surface area (Å²) in [6.45, 7) is 4.17. The topological polar surface area (TPSA) is 92.3 Å². The van der Waals surface area contributed by atoms with E-state index < -0.39 is 20.0 Å². The molecule has 0 saturated carbocycles. The molecule has 0 fully saturated rings. The van der Waals surface area contributed by atoms with E-state index in [1.54, 1.807) is 12.1 Å². The molecule has 0 aliphatic rings. The molecule has 0 bridgehead atoms. The van der Waals surface area contributed by atoms with Crippen molar-refractivity contribution in [1.82, 2.24) is 0 Å². The first-order valence-electron chi connectivity index (χ1n) is 7.81. The minimum atomic E-state index is -3.70. The van der Waals surface area contributed by atoms with Crippen LogP contribution in [0.2, 0.25) is 0 Å². The Balaban J connectivity index is 2.15. The second-order valence-electron chi connectivity index (χ2n) is 5.94. The van der Waals surface area contributed by atoms with Gasteiger partial charge in [-0.25, -0.2) is 16.8 Å².